The van der Waals surface area contributed by atoms with E-state index in [4.69, 9.17) is 0 Å². The van der Waals surface area contributed by atoms with Gasteiger partial charge in [0.25, 0.3) is 5.91 Å². The first-order valence-corrected chi connectivity index (χ1v) is 7.89. The van der Waals surface area contributed by atoms with Gasteiger partial charge in [-0.1, -0.05) is 0 Å². The van der Waals surface area contributed by atoms with Gasteiger partial charge in [-0.05, 0) is 50.7 Å². The lowest BCUT2D eigenvalue weighted by Gasteiger charge is -2.30. The third-order valence-electron chi connectivity index (χ3n) is 5.55. The van der Waals surface area contributed by atoms with Gasteiger partial charge in [0.15, 0.2) is 0 Å². The second-order valence-corrected chi connectivity index (χ2v) is 6.58. The fourth-order valence-electron chi connectivity index (χ4n) is 4.26. The molecule has 1 aromatic rings. The molecule has 2 bridgehead atoms. The first kappa shape index (κ1) is 12.9. The Morgan fingerprint density at radius 1 is 1.14 bits per heavy atom. The summed E-state index contributed by atoms with van der Waals surface area (Å²) in [4.78, 5) is 26.1. The molecule has 1 aliphatic carbocycles. The van der Waals surface area contributed by atoms with E-state index >= 15 is 0 Å². The van der Waals surface area contributed by atoms with Crippen LogP contribution in [-0.4, -0.2) is 38.5 Å². The van der Waals surface area contributed by atoms with E-state index in [2.05, 4.69) is 4.57 Å². The summed E-state index contributed by atoms with van der Waals surface area (Å²) < 4.78 is 2.10. The van der Waals surface area contributed by atoms with Crippen LogP contribution in [0, 0.1) is 5.92 Å². The summed E-state index contributed by atoms with van der Waals surface area (Å²) in [6.45, 7) is 0. The number of nitrogens with zero attached hydrogens (tertiary/aromatic N) is 2. The molecule has 21 heavy (non-hydrogen) atoms. The highest BCUT2D eigenvalue weighted by atomic mass is 16.4. The largest absolute Gasteiger partial charge is 0.481 e. The van der Waals surface area contributed by atoms with Crippen molar-refractivity contribution in [2.75, 3.05) is 0 Å². The molecule has 4 rings (SSSR count). The molecule has 112 valence electrons. The van der Waals surface area contributed by atoms with Gasteiger partial charge in [0.1, 0.15) is 5.69 Å². The lowest BCUT2D eigenvalue weighted by molar-refractivity contribution is -0.142. The molecular formula is C16H20N2O3. The lowest BCUT2D eigenvalue weighted by atomic mass is 9.89. The Morgan fingerprint density at radius 3 is 2.57 bits per heavy atom. The van der Waals surface area contributed by atoms with E-state index in [1.54, 1.807) is 0 Å². The number of carbonyl (C=O) groups excluding carboxylic acids is 1. The number of carboxylic acids is 1. The maximum absolute atomic E-state index is 12.9. The molecule has 3 aliphatic rings. The Hall–Kier alpha value is -1.78. The molecular weight excluding hydrogens is 268 g/mol. The average Bonchev–Trinajstić information content (AvgIpc) is 3.09. The highest BCUT2D eigenvalue weighted by molar-refractivity contribution is 5.94. The smallest absolute Gasteiger partial charge is 0.308 e. The number of amides is 1. The average molecular weight is 288 g/mol. The van der Waals surface area contributed by atoms with Crippen LogP contribution in [0.1, 0.15) is 55.1 Å². The zero-order valence-electron chi connectivity index (χ0n) is 11.9. The number of rotatable bonds is 3. The van der Waals surface area contributed by atoms with Crippen molar-refractivity contribution < 1.29 is 14.7 Å². The molecule has 3 atom stereocenters. The van der Waals surface area contributed by atoms with Gasteiger partial charge < -0.3 is 14.6 Å². The molecule has 3 fully saturated rings. The Balaban J connectivity index is 1.61. The van der Waals surface area contributed by atoms with E-state index in [0.717, 1.165) is 31.4 Å². The predicted molar refractivity (Wildman–Crippen MR) is 76.0 cm³/mol. The number of hydrogen-bond acceptors (Lipinski definition) is 2. The van der Waals surface area contributed by atoms with Crippen LogP contribution in [0.2, 0.25) is 0 Å². The molecule has 3 unspecified atom stereocenters. The molecule has 3 heterocycles. The molecule has 1 amide bonds. The maximum Gasteiger partial charge on any atom is 0.308 e. The Kier molecular flexibility index (Phi) is 2.84. The number of hydrogen-bond donors (Lipinski definition) is 1. The van der Waals surface area contributed by atoms with Crippen LogP contribution in [0.3, 0.4) is 0 Å². The highest BCUT2D eigenvalue weighted by Gasteiger charge is 2.51. The molecule has 5 heteroatoms. The molecule has 0 radical (unpaired) electrons. The van der Waals surface area contributed by atoms with E-state index in [1.807, 2.05) is 23.2 Å². The van der Waals surface area contributed by atoms with Crippen LogP contribution in [0.5, 0.6) is 0 Å². The molecule has 1 saturated carbocycles. The number of aromatic nitrogens is 1. The molecule has 1 aromatic heterocycles. The van der Waals surface area contributed by atoms with Gasteiger partial charge in [-0.3, -0.25) is 9.59 Å². The third kappa shape index (κ3) is 1.83. The van der Waals surface area contributed by atoms with Crippen molar-refractivity contribution in [3.8, 4) is 0 Å². The maximum atomic E-state index is 12.9. The molecule has 2 aliphatic heterocycles. The first-order chi connectivity index (χ1) is 10.2. The zero-order valence-corrected chi connectivity index (χ0v) is 11.9. The second kappa shape index (κ2) is 4.61. The van der Waals surface area contributed by atoms with E-state index in [9.17, 15) is 14.7 Å². The van der Waals surface area contributed by atoms with Gasteiger partial charge >= 0.3 is 5.97 Å². The SMILES string of the molecule is O=C(O)C1CC2CCC1N2C(=O)c1cccn1C1CCC1. The predicted octanol–water partition coefficient (Wildman–Crippen LogP) is 2.29. The number of carboxylic acid groups (broad SMARTS) is 1. The quantitative estimate of drug-likeness (QED) is 0.928. The minimum absolute atomic E-state index is 0.0307. The van der Waals surface area contributed by atoms with Crippen molar-refractivity contribution in [3.63, 3.8) is 0 Å². The summed E-state index contributed by atoms with van der Waals surface area (Å²) in [6, 6.07) is 4.28. The van der Waals surface area contributed by atoms with Crippen molar-refractivity contribution in [2.24, 2.45) is 5.92 Å². The second-order valence-electron chi connectivity index (χ2n) is 6.58. The molecule has 0 aromatic carbocycles. The summed E-state index contributed by atoms with van der Waals surface area (Å²) in [6.07, 6.45) is 7.90. The van der Waals surface area contributed by atoms with Crippen LogP contribution < -0.4 is 0 Å². The topological polar surface area (TPSA) is 62.5 Å². The molecule has 5 nitrogen and oxygen atoms in total. The van der Waals surface area contributed by atoms with E-state index in [0.29, 0.717) is 12.5 Å². The Labute approximate surface area is 123 Å². The minimum Gasteiger partial charge on any atom is -0.481 e. The Bertz CT molecular complexity index is 590. The summed E-state index contributed by atoms with van der Waals surface area (Å²) in [7, 11) is 0. The van der Waals surface area contributed by atoms with Gasteiger partial charge in [0.05, 0.1) is 5.92 Å². The van der Waals surface area contributed by atoms with Gasteiger partial charge in [-0.15, -0.1) is 0 Å². The lowest BCUT2D eigenvalue weighted by Crippen LogP contribution is -2.39. The van der Waals surface area contributed by atoms with E-state index < -0.39 is 5.97 Å². The monoisotopic (exact) mass is 288 g/mol. The van der Waals surface area contributed by atoms with Crippen LogP contribution >= 0.6 is 0 Å². The summed E-state index contributed by atoms with van der Waals surface area (Å²) in [5.41, 5.74) is 0.739. The standard InChI is InChI=1S/C16H20N2O3/c19-15(14-5-2-8-17(14)10-3-1-4-10)18-11-6-7-13(18)12(9-11)16(20)21/h2,5,8,10-13H,1,3-4,6-7,9H2,(H,20,21). The van der Waals surface area contributed by atoms with Gasteiger partial charge in [0.2, 0.25) is 0 Å². The van der Waals surface area contributed by atoms with Crippen LogP contribution in [-0.2, 0) is 4.79 Å². The highest BCUT2D eigenvalue weighted by Crippen LogP contribution is 2.43. The number of fused-ring (bicyclic) bond motifs is 2. The third-order valence-corrected chi connectivity index (χ3v) is 5.55. The Morgan fingerprint density at radius 2 is 1.95 bits per heavy atom. The van der Waals surface area contributed by atoms with Crippen molar-refractivity contribution in [1.29, 1.82) is 0 Å². The van der Waals surface area contributed by atoms with Gasteiger partial charge in [-0.25, -0.2) is 0 Å². The van der Waals surface area contributed by atoms with Crippen LogP contribution in [0.25, 0.3) is 0 Å². The van der Waals surface area contributed by atoms with Gasteiger partial charge in [-0.2, -0.15) is 0 Å². The molecule has 2 saturated heterocycles. The van der Waals surface area contributed by atoms with E-state index in [1.165, 1.54) is 6.42 Å². The molecule has 0 spiro atoms. The van der Waals surface area contributed by atoms with Gasteiger partial charge in [0, 0.05) is 24.3 Å². The summed E-state index contributed by atoms with van der Waals surface area (Å²) in [5, 5.41) is 9.31. The van der Waals surface area contributed by atoms with Crippen molar-refractivity contribution in [1.82, 2.24) is 9.47 Å². The fraction of sp³-hybridized carbons (Fsp3) is 0.625. The first-order valence-electron chi connectivity index (χ1n) is 7.89. The fourth-order valence-corrected chi connectivity index (χ4v) is 4.26. The zero-order chi connectivity index (χ0) is 14.6. The van der Waals surface area contributed by atoms with Crippen molar-refractivity contribution in [2.45, 2.75) is 56.7 Å². The van der Waals surface area contributed by atoms with Crippen LogP contribution in [0.4, 0.5) is 0 Å². The number of carbonyl (C=O) groups is 2. The molecule has 1 N–H and O–H groups in total. The minimum atomic E-state index is -0.755. The van der Waals surface area contributed by atoms with E-state index in [-0.39, 0.29) is 23.9 Å². The van der Waals surface area contributed by atoms with Crippen LogP contribution in [0.15, 0.2) is 18.3 Å². The van der Waals surface area contributed by atoms with Crippen molar-refractivity contribution in [3.05, 3.63) is 24.0 Å². The normalized spacial score (nSPS) is 31.4. The summed E-state index contributed by atoms with van der Waals surface area (Å²) >= 11 is 0. The summed E-state index contributed by atoms with van der Waals surface area (Å²) in [5.74, 6) is -1.10. The van der Waals surface area contributed by atoms with Crippen molar-refractivity contribution >= 4 is 11.9 Å². The number of aliphatic carboxylic acids is 1.